The molecule has 6 heteroatoms. The molecule has 0 spiro atoms. The number of nitrogens with zero attached hydrogens (tertiary/aromatic N) is 3. The Balaban J connectivity index is 1.49. The first kappa shape index (κ1) is 17.4. The molecule has 1 N–H and O–H groups in total. The van der Waals surface area contributed by atoms with Gasteiger partial charge >= 0.3 is 0 Å². The van der Waals surface area contributed by atoms with Crippen LogP contribution < -0.4 is 5.32 Å². The van der Waals surface area contributed by atoms with Gasteiger partial charge in [0.15, 0.2) is 0 Å². The highest BCUT2D eigenvalue weighted by atomic mass is 32.1. The topological polar surface area (TPSA) is 59.8 Å². The normalized spacial score (nSPS) is 10.8. The first-order chi connectivity index (χ1) is 12.2. The van der Waals surface area contributed by atoms with Crippen LogP contribution in [0, 0.1) is 6.92 Å². The molecule has 0 aliphatic heterocycles. The summed E-state index contributed by atoms with van der Waals surface area (Å²) in [6.45, 7) is 5.36. The molecular weight excluding hydrogens is 332 g/mol. The maximum atomic E-state index is 12.1. The van der Waals surface area contributed by atoms with Gasteiger partial charge in [0.2, 0.25) is 5.91 Å². The van der Waals surface area contributed by atoms with Crippen LogP contribution in [0.25, 0.3) is 10.6 Å². The van der Waals surface area contributed by atoms with E-state index in [1.165, 1.54) is 0 Å². The van der Waals surface area contributed by atoms with Crippen LogP contribution in [0.3, 0.4) is 0 Å². The number of nitrogens with one attached hydrogen (secondary N) is 1. The Morgan fingerprint density at radius 1 is 1.28 bits per heavy atom. The molecule has 3 rings (SSSR count). The highest BCUT2D eigenvalue weighted by molar-refractivity contribution is 7.13. The summed E-state index contributed by atoms with van der Waals surface area (Å²) < 4.78 is 1.91. The van der Waals surface area contributed by atoms with Crippen LogP contribution in [-0.2, 0) is 24.3 Å². The molecule has 130 valence electrons. The van der Waals surface area contributed by atoms with E-state index in [1.807, 2.05) is 53.5 Å². The maximum absolute atomic E-state index is 12.1. The molecule has 1 aromatic carbocycles. The summed E-state index contributed by atoms with van der Waals surface area (Å²) in [5, 5.41) is 10.3. The minimum absolute atomic E-state index is 0.0397. The van der Waals surface area contributed by atoms with Crippen molar-refractivity contribution < 1.29 is 4.79 Å². The van der Waals surface area contributed by atoms with Crippen LogP contribution in [0.5, 0.6) is 0 Å². The second kappa shape index (κ2) is 8.07. The number of rotatable bonds is 7. The van der Waals surface area contributed by atoms with E-state index in [-0.39, 0.29) is 5.91 Å². The molecular formula is C19H22N4OS. The number of amides is 1. The van der Waals surface area contributed by atoms with E-state index in [4.69, 9.17) is 0 Å². The van der Waals surface area contributed by atoms with E-state index in [1.54, 1.807) is 11.3 Å². The Morgan fingerprint density at radius 3 is 2.80 bits per heavy atom. The molecule has 0 aliphatic rings. The lowest BCUT2D eigenvalue weighted by atomic mass is 10.1. The van der Waals surface area contributed by atoms with Crippen LogP contribution in [0.15, 0.2) is 41.9 Å². The molecule has 25 heavy (non-hydrogen) atoms. The molecule has 0 radical (unpaired) electrons. The Bertz CT molecular complexity index is 838. The van der Waals surface area contributed by atoms with Crippen molar-refractivity contribution in [3.05, 3.63) is 58.9 Å². The average Bonchev–Trinajstić information content (AvgIpc) is 3.25. The molecule has 0 aliphatic carbocycles. The minimum Gasteiger partial charge on any atom is -0.350 e. The first-order valence-corrected chi connectivity index (χ1v) is 9.33. The molecule has 0 bridgehead atoms. The van der Waals surface area contributed by atoms with Crippen LogP contribution in [-0.4, -0.2) is 20.7 Å². The number of hydrogen-bond donors (Lipinski definition) is 1. The highest BCUT2D eigenvalue weighted by Crippen LogP contribution is 2.23. The lowest BCUT2D eigenvalue weighted by molar-refractivity contribution is -0.121. The smallest absolute Gasteiger partial charge is 0.220 e. The van der Waals surface area contributed by atoms with Crippen molar-refractivity contribution in [2.45, 2.75) is 39.8 Å². The molecule has 0 saturated carbocycles. The second-order valence-corrected chi connectivity index (χ2v) is 6.74. The molecule has 2 aromatic heterocycles. The van der Waals surface area contributed by atoms with Gasteiger partial charge in [0.25, 0.3) is 0 Å². The minimum atomic E-state index is 0.0397. The fraction of sp³-hybridized carbons (Fsp3) is 0.316. The largest absolute Gasteiger partial charge is 0.350 e. The van der Waals surface area contributed by atoms with Gasteiger partial charge < -0.3 is 5.32 Å². The number of hydrogen-bond acceptors (Lipinski definition) is 4. The molecule has 2 heterocycles. The van der Waals surface area contributed by atoms with Crippen molar-refractivity contribution in [2.24, 2.45) is 0 Å². The first-order valence-electron chi connectivity index (χ1n) is 8.45. The quantitative estimate of drug-likeness (QED) is 0.705. The van der Waals surface area contributed by atoms with Gasteiger partial charge in [-0.3, -0.25) is 9.48 Å². The average molecular weight is 354 g/mol. The summed E-state index contributed by atoms with van der Waals surface area (Å²) >= 11 is 1.60. The Kier molecular flexibility index (Phi) is 5.60. The Labute approximate surface area is 151 Å². The number of benzene rings is 1. The zero-order valence-corrected chi connectivity index (χ0v) is 15.3. The highest BCUT2D eigenvalue weighted by Gasteiger charge is 2.09. The van der Waals surface area contributed by atoms with Crippen molar-refractivity contribution in [1.82, 2.24) is 20.1 Å². The van der Waals surface area contributed by atoms with Gasteiger partial charge in [-0.15, -0.1) is 11.3 Å². The molecule has 3 aromatic rings. The van der Waals surface area contributed by atoms with Crippen LogP contribution >= 0.6 is 11.3 Å². The second-order valence-electron chi connectivity index (χ2n) is 5.88. The molecule has 0 saturated heterocycles. The summed E-state index contributed by atoms with van der Waals surface area (Å²) in [6, 6.07) is 10.1. The molecule has 0 fully saturated rings. The van der Waals surface area contributed by atoms with Gasteiger partial charge in [0, 0.05) is 30.1 Å². The van der Waals surface area contributed by atoms with Crippen molar-refractivity contribution in [1.29, 1.82) is 0 Å². The van der Waals surface area contributed by atoms with E-state index in [2.05, 4.69) is 22.3 Å². The van der Waals surface area contributed by atoms with Gasteiger partial charge in [-0.25, -0.2) is 4.98 Å². The number of thiazole rings is 1. The summed E-state index contributed by atoms with van der Waals surface area (Å²) in [5.41, 5.74) is 4.14. The molecule has 5 nitrogen and oxygen atoms in total. The number of carbonyl (C=O) groups is 1. The van der Waals surface area contributed by atoms with Crippen molar-refractivity contribution in [3.8, 4) is 10.6 Å². The molecule has 0 atom stereocenters. The third kappa shape index (κ3) is 4.54. The Hall–Kier alpha value is -2.47. The lowest BCUT2D eigenvalue weighted by Gasteiger charge is -2.03. The molecule has 1 amide bonds. The van der Waals surface area contributed by atoms with E-state index in [0.29, 0.717) is 19.4 Å². The summed E-state index contributed by atoms with van der Waals surface area (Å²) in [7, 11) is 0. The lowest BCUT2D eigenvalue weighted by Crippen LogP contribution is -2.23. The number of aryl methyl sites for hydroxylation is 3. The van der Waals surface area contributed by atoms with E-state index >= 15 is 0 Å². The van der Waals surface area contributed by atoms with Crippen LogP contribution in [0.2, 0.25) is 0 Å². The summed E-state index contributed by atoms with van der Waals surface area (Å²) in [6.07, 6.45) is 3.20. The fourth-order valence-electron chi connectivity index (χ4n) is 2.59. The van der Waals surface area contributed by atoms with E-state index in [9.17, 15) is 4.79 Å². The number of aromatic nitrogens is 3. The van der Waals surface area contributed by atoms with Crippen molar-refractivity contribution in [2.75, 3.05) is 0 Å². The predicted molar refractivity (Wildman–Crippen MR) is 100 cm³/mol. The van der Waals surface area contributed by atoms with E-state index < -0.39 is 0 Å². The standard InChI is InChI=1S/C19H22N4OS/c1-3-23-12-16(14(2)22-23)9-10-18(24)20-11-17-13-25-19(21-17)15-7-5-4-6-8-15/h4-8,12-13H,3,9-11H2,1-2H3,(H,20,24). The van der Waals surface area contributed by atoms with Gasteiger partial charge in [-0.1, -0.05) is 30.3 Å². The maximum Gasteiger partial charge on any atom is 0.220 e. The summed E-state index contributed by atoms with van der Waals surface area (Å²) in [4.78, 5) is 16.7. The monoisotopic (exact) mass is 354 g/mol. The third-order valence-electron chi connectivity index (χ3n) is 4.03. The van der Waals surface area contributed by atoms with Gasteiger partial charge in [0.05, 0.1) is 17.9 Å². The van der Waals surface area contributed by atoms with E-state index in [0.717, 1.165) is 34.1 Å². The zero-order chi connectivity index (χ0) is 17.6. The summed E-state index contributed by atoms with van der Waals surface area (Å²) in [5.74, 6) is 0.0397. The van der Waals surface area contributed by atoms with Crippen molar-refractivity contribution >= 4 is 17.2 Å². The van der Waals surface area contributed by atoms with Gasteiger partial charge in [0.1, 0.15) is 5.01 Å². The SMILES string of the molecule is CCn1cc(CCC(=O)NCc2csc(-c3ccccc3)n2)c(C)n1. The third-order valence-corrected chi connectivity index (χ3v) is 4.97. The van der Waals surface area contributed by atoms with Crippen molar-refractivity contribution in [3.63, 3.8) is 0 Å². The van der Waals surface area contributed by atoms with Gasteiger partial charge in [-0.2, -0.15) is 5.10 Å². The predicted octanol–water partition coefficient (Wildman–Crippen LogP) is 3.58. The van der Waals surface area contributed by atoms with Crippen LogP contribution in [0.4, 0.5) is 0 Å². The number of carbonyl (C=O) groups excluding carboxylic acids is 1. The van der Waals surface area contributed by atoms with Crippen LogP contribution in [0.1, 0.15) is 30.3 Å². The zero-order valence-electron chi connectivity index (χ0n) is 14.5. The fourth-order valence-corrected chi connectivity index (χ4v) is 3.42. The Morgan fingerprint density at radius 2 is 2.08 bits per heavy atom. The molecule has 0 unspecified atom stereocenters. The van der Waals surface area contributed by atoms with Gasteiger partial charge in [-0.05, 0) is 25.8 Å².